The second-order valence-corrected chi connectivity index (χ2v) is 4.51. The van der Waals surface area contributed by atoms with E-state index in [4.69, 9.17) is 0 Å². The number of Topliss-reactive ketones (excluding diaryl/α,β-unsaturated/α-hetero) is 1. The van der Waals surface area contributed by atoms with Crippen LogP contribution in [0.3, 0.4) is 0 Å². The lowest BCUT2D eigenvalue weighted by molar-refractivity contribution is -0.124. The molecule has 1 atom stereocenters. The highest BCUT2D eigenvalue weighted by Gasteiger charge is 2.25. The van der Waals surface area contributed by atoms with Crippen LogP contribution in [0.2, 0.25) is 0 Å². The number of nitrogens with zero attached hydrogens (tertiary/aromatic N) is 1. The Morgan fingerprint density at radius 3 is 2.38 bits per heavy atom. The monoisotopic (exact) mass is 226 g/mol. The molecule has 1 fully saturated rings. The molecular formula is C12H22N2O2. The van der Waals surface area contributed by atoms with Gasteiger partial charge in [0.25, 0.3) is 0 Å². The molecule has 1 saturated heterocycles. The zero-order valence-electron chi connectivity index (χ0n) is 10.5. The molecule has 1 aliphatic rings. The largest absolute Gasteiger partial charge is 0.354 e. The fourth-order valence-corrected chi connectivity index (χ4v) is 2.22. The summed E-state index contributed by atoms with van der Waals surface area (Å²) in [6, 6.07) is 0.320. The van der Waals surface area contributed by atoms with Crippen molar-refractivity contribution in [3.63, 3.8) is 0 Å². The van der Waals surface area contributed by atoms with E-state index in [0.29, 0.717) is 12.2 Å². The summed E-state index contributed by atoms with van der Waals surface area (Å²) in [6.07, 6.45) is 2.49. The second kappa shape index (κ2) is 5.99. The number of rotatable bonds is 4. The molecule has 16 heavy (non-hydrogen) atoms. The van der Waals surface area contributed by atoms with Crippen molar-refractivity contribution in [3.8, 4) is 0 Å². The first-order valence-electron chi connectivity index (χ1n) is 6.08. The Labute approximate surface area is 97.4 Å². The summed E-state index contributed by atoms with van der Waals surface area (Å²) < 4.78 is 0. The smallest absolute Gasteiger partial charge is 0.217 e. The molecule has 0 aromatic rings. The Morgan fingerprint density at radius 2 is 1.94 bits per heavy atom. The van der Waals surface area contributed by atoms with Gasteiger partial charge in [-0.2, -0.15) is 0 Å². The van der Waals surface area contributed by atoms with Gasteiger partial charge in [0.05, 0.1) is 6.04 Å². The minimum Gasteiger partial charge on any atom is -0.354 e. The number of ketones is 1. The molecule has 0 bridgehead atoms. The van der Waals surface area contributed by atoms with E-state index >= 15 is 0 Å². The van der Waals surface area contributed by atoms with E-state index in [9.17, 15) is 9.59 Å². The Bertz CT molecular complexity index is 258. The number of carbonyl (C=O) groups is 2. The Hall–Kier alpha value is -0.900. The van der Waals surface area contributed by atoms with Crippen LogP contribution in [-0.4, -0.2) is 41.8 Å². The molecular weight excluding hydrogens is 204 g/mol. The maximum Gasteiger partial charge on any atom is 0.217 e. The van der Waals surface area contributed by atoms with Gasteiger partial charge in [0.2, 0.25) is 5.91 Å². The number of amides is 1. The highest BCUT2D eigenvalue weighted by atomic mass is 16.1. The standard InChI is InChI=1S/C12H22N2O2/c1-4-12(16)9(2)14-7-5-11(6-8-14)13-10(3)15/h9,11H,4-8H2,1-3H3,(H,13,15). The van der Waals surface area contributed by atoms with Gasteiger partial charge < -0.3 is 5.32 Å². The Kier molecular flexibility index (Phi) is 4.93. The number of nitrogens with one attached hydrogen (secondary N) is 1. The predicted octanol–water partition coefficient (Wildman–Crippen LogP) is 0.954. The molecule has 0 aromatic carbocycles. The number of likely N-dealkylation sites (tertiary alicyclic amines) is 1. The zero-order chi connectivity index (χ0) is 12.1. The Morgan fingerprint density at radius 1 is 1.38 bits per heavy atom. The zero-order valence-corrected chi connectivity index (χ0v) is 10.5. The lowest BCUT2D eigenvalue weighted by atomic mass is 10.0. The molecule has 1 heterocycles. The SMILES string of the molecule is CCC(=O)C(C)N1CCC(NC(C)=O)CC1. The fraction of sp³-hybridized carbons (Fsp3) is 0.833. The average molecular weight is 226 g/mol. The van der Waals surface area contributed by atoms with Gasteiger partial charge in [-0.05, 0) is 19.8 Å². The third kappa shape index (κ3) is 3.59. The van der Waals surface area contributed by atoms with Crippen LogP contribution in [0.25, 0.3) is 0 Å². The van der Waals surface area contributed by atoms with Crippen molar-refractivity contribution in [1.82, 2.24) is 10.2 Å². The van der Waals surface area contributed by atoms with E-state index in [1.165, 1.54) is 0 Å². The van der Waals surface area contributed by atoms with Crippen LogP contribution in [0.15, 0.2) is 0 Å². The first-order valence-corrected chi connectivity index (χ1v) is 6.08. The van der Waals surface area contributed by atoms with Gasteiger partial charge in [0.1, 0.15) is 5.78 Å². The highest BCUT2D eigenvalue weighted by Crippen LogP contribution is 2.14. The van der Waals surface area contributed by atoms with Crippen molar-refractivity contribution in [2.24, 2.45) is 0 Å². The summed E-state index contributed by atoms with van der Waals surface area (Å²) in [6.45, 7) is 7.23. The lowest BCUT2D eigenvalue weighted by Crippen LogP contribution is -2.48. The van der Waals surface area contributed by atoms with Gasteiger partial charge in [-0.25, -0.2) is 0 Å². The van der Waals surface area contributed by atoms with Crippen molar-refractivity contribution >= 4 is 11.7 Å². The first-order chi connectivity index (χ1) is 7.54. The quantitative estimate of drug-likeness (QED) is 0.776. The minimum atomic E-state index is 0.0308. The van der Waals surface area contributed by atoms with E-state index < -0.39 is 0 Å². The predicted molar refractivity (Wildman–Crippen MR) is 63.2 cm³/mol. The number of hydrogen-bond acceptors (Lipinski definition) is 3. The molecule has 1 amide bonds. The van der Waals surface area contributed by atoms with Crippen molar-refractivity contribution in [1.29, 1.82) is 0 Å². The molecule has 0 saturated carbocycles. The average Bonchev–Trinajstić information content (AvgIpc) is 2.27. The topological polar surface area (TPSA) is 49.4 Å². The summed E-state index contributed by atoms with van der Waals surface area (Å²) in [5, 5.41) is 2.93. The third-order valence-electron chi connectivity index (χ3n) is 3.30. The molecule has 0 aromatic heterocycles. The summed E-state index contributed by atoms with van der Waals surface area (Å²) >= 11 is 0. The highest BCUT2D eigenvalue weighted by molar-refractivity contribution is 5.83. The van der Waals surface area contributed by atoms with Crippen LogP contribution >= 0.6 is 0 Å². The normalized spacial score (nSPS) is 20.4. The minimum absolute atomic E-state index is 0.0308. The van der Waals surface area contributed by atoms with Gasteiger partial charge in [-0.15, -0.1) is 0 Å². The maximum absolute atomic E-state index is 11.6. The molecule has 1 N–H and O–H groups in total. The van der Waals surface area contributed by atoms with Crippen LogP contribution in [0.1, 0.15) is 40.0 Å². The summed E-state index contributed by atoms with van der Waals surface area (Å²) in [7, 11) is 0. The molecule has 92 valence electrons. The van der Waals surface area contributed by atoms with Gasteiger partial charge in [-0.1, -0.05) is 6.92 Å². The van der Waals surface area contributed by atoms with Crippen LogP contribution in [0.5, 0.6) is 0 Å². The van der Waals surface area contributed by atoms with Crippen LogP contribution in [0.4, 0.5) is 0 Å². The van der Waals surface area contributed by atoms with Crippen molar-refractivity contribution in [3.05, 3.63) is 0 Å². The first kappa shape index (κ1) is 13.2. The fourth-order valence-electron chi connectivity index (χ4n) is 2.22. The van der Waals surface area contributed by atoms with Gasteiger partial charge in [0, 0.05) is 32.5 Å². The molecule has 1 rings (SSSR count). The van der Waals surface area contributed by atoms with Gasteiger partial charge >= 0.3 is 0 Å². The molecule has 0 spiro atoms. The summed E-state index contributed by atoms with van der Waals surface area (Å²) in [4.78, 5) is 24.7. The van der Waals surface area contributed by atoms with E-state index in [-0.39, 0.29) is 18.0 Å². The molecule has 0 aliphatic carbocycles. The van der Waals surface area contributed by atoms with Crippen molar-refractivity contribution in [2.45, 2.75) is 52.1 Å². The van der Waals surface area contributed by atoms with E-state index in [1.807, 2.05) is 13.8 Å². The van der Waals surface area contributed by atoms with Crippen LogP contribution in [0, 0.1) is 0 Å². The lowest BCUT2D eigenvalue weighted by Gasteiger charge is -2.35. The van der Waals surface area contributed by atoms with Gasteiger partial charge in [-0.3, -0.25) is 14.5 Å². The van der Waals surface area contributed by atoms with E-state index in [0.717, 1.165) is 25.9 Å². The van der Waals surface area contributed by atoms with Crippen molar-refractivity contribution in [2.75, 3.05) is 13.1 Å². The number of carbonyl (C=O) groups excluding carboxylic acids is 2. The molecule has 1 unspecified atom stereocenters. The molecule has 4 nitrogen and oxygen atoms in total. The number of hydrogen-bond donors (Lipinski definition) is 1. The second-order valence-electron chi connectivity index (χ2n) is 4.51. The third-order valence-corrected chi connectivity index (χ3v) is 3.30. The van der Waals surface area contributed by atoms with Crippen molar-refractivity contribution < 1.29 is 9.59 Å². The van der Waals surface area contributed by atoms with E-state index in [1.54, 1.807) is 6.92 Å². The number of piperidine rings is 1. The molecule has 4 heteroatoms. The Balaban J connectivity index is 2.36. The van der Waals surface area contributed by atoms with E-state index in [2.05, 4.69) is 10.2 Å². The molecule has 1 aliphatic heterocycles. The summed E-state index contributed by atoms with van der Waals surface area (Å²) in [5.41, 5.74) is 0. The summed E-state index contributed by atoms with van der Waals surface area (Å²) in [5.74, 6) is 0.342. The maximum atomic E-state index is 11.6. The van der Waals surface area contributed by atoms with Gasteiger partial charge in [0.15, 0.2) is 0 Å². The van der Waals surface area contributed by atoms with Crippen LogP contribution in [-0.2, 0) is 9.59 Å². The molecule has 0 radical (unpaired) electrons. The van der Waals surface area contributed by atoms with Crippen LogP contribution < -0.4 is 5.32 Å².